The standard InChI is InChI=1S/C19H25NO/c1-15-8-6-12-18(14-15)19(16(2)20)21-13-7-11-17-9-4-3-5-10-17/h3-6,8-10,12,14,16,19H,7,11,13,20H2,1-2H3. The summed E-state index contributed by atoms with van der Waals surface area (Å²) in [5.41, 5.74) is 9.86. The third kappa shape index (κ3) is 5.00. The molecule has 0 aliphatic carbocycles. The van der Waals surface area contributed by atoms with Crippen molar-refractivity contribution in [1.82, 2.24) is 0 Å². The van der Waals surface area contributed by atoms with Crippen molar-refractivity contribution in [3.63, 3.8) is 0 Å². The Hall–Kier alpha value is -1.64. The Morgan fingerprint density at radius 3 is 2.48 bits per heavy atom. The quantitative estimate of drug-likeness (QED) is 0.779. The Morgan fingerprint density at radius 2 is 1.81 bits per heavy atom. The Kier molecular flexibility index (Phi) is 5.97. The van der Waals surface area contributed by atoms with Crippen molar-refractivity contribution in [1.29, 1.82) is 0 Å². The molecule has 2 nitrogen and oxygen atoms in total. The van der Waals surface area contributed by atoms with Gasteiger partial charge in [-0.05, 0) is 37.8 Å². The zero-order chi connectivity index (χ0) is 15.1. The lowest BCUT2D eigenvalue weighted by Crippen LogP contribution is -2.27. The van der Waals surface area contributed by atoms with Crippen molar-refractivity contribution in [2.45, 2.75) is 38.8 Å². The molecule has 2 N–H and O–H groups in total. The second-order valence-corrected chi connectivity index (χ2v) is 5.65. The Bertz CT molecular complexity index is 536. The van der Waals surface area contributed by atoms with Crippen LogP contribution in [0.25, 0.3) is 0 Å². The average molecular weight is 283 g/mol. The van der Waals surface area contributed by atoms with E-state index in [-0.39, 0.29) is 12.1 Å². The topological polar surface area (TPSA) is 35.2 Å². The fraction of sp³-hybridized carbons (Fsp3) is 0.368. The Balaban J connectivity index is 1.86. The molecule has 21 heavy (non-hydrogen) atoms. The fourth-order valence-electron chi connectivity index (χ4n) is 2.53. The number of benzene rings is 2. The molecule has 0 aromatic heterocycles. The van der Waals surface area contributed by atoms with Gasteiger partial charge in [0.15, 0.2) is 0 Å². The van der Waals surface area contributed by atoms with E-state index in [0.29, 0.717) is 0 Å². The molecule has 2 heteroatoms. The molecule has 0 saturated heterocycles. The van der Waals surface area contributed by atoms with E-state index in [4.69, 9.17) is 10.5 Å². The van der Waals surface area contributed by atoms with Gasteiger partial charge in [0.2, 0.25) is 0 Å². The van der Waals surface area contributed by atoms with Gasteiger partial charge in [0, 0.05) is 12.6 Å². The van der Waals surface area contributed by atoms with Gasteiger partial charge in [0.25, 0.3) is 0 Å². The highest BCUT2D eigenvalue weighted by Crippen LogP contribution is 2.21. The number of ether oxygens (including phenoxy) is 1. The van der Waals surface area contributed by atoms with Gasteiger partial charge in [0.1, 0.15) is 0 Å². The van der Waals surface area contributed by atoms with Crippen LogP contribution in [-0.2, 0) is 11.2 Å². The first-order valence-electron chi connectivity index (χ1n) is 7.64. The van der Waals surface area contributed by atoms with E-state index in [1.54, 1.807) is 0 Å². The number of hydrogen-bond donors (Lipinski definition) is 1. The lowest BCUT2D eigenvalue weighted by atomic mass is 10.0. The predicted molar refractivity (Wildman–Crippen MR) is 88.3 cm³/mol. The largest absolute Gasteiger partial charge is 0.372 e. The number of hydrogen-bond acceptors (Lipinski definition) is 2. The van der Waals surface area contributed by atoms with Crippen LogP contribution in [0, 0.1) is 6.92 Å². The zero-order valence-electron chi connectivity index (χ0n) is 13.0. The maximum Gasteiger partial charge on any atom is 0.0973 e. The first-order valence-corrected chi connectivity index (χ1v) is 7.64. The van der Waals surface area contributed by atoms with E-state index in [1.807, 2.05) is 13.0 Å². The smallest absolute Gasteiger partial charge is 0.0973 e. The van der Waals surface area contributed by atoms with Crippen LogP contribution in [0.15, 0.2) is 54.6 Å². The molecule has 0 spiro atoms. The molecule has 2 rings (SSSR count). The summed E-state index contributed by atoms with van der Waals surface area (Å²) in [6, 6.07) is 18.9. The molecule has 0 heterocycles. The molecule has 0 aliphatic heterocycles. The van der Waals surface area contributed by atoms with E-state index < -0.39 is 0 Å². The molecular weight excluding hydrogens is 258 g/mol. The molecular formula is C19H25NO. The third-order valence-electron chi connectivity index (χ3n) is 3.60. The van der Waals surface area contributed by atoms with E-state index in [1.165, 1.54) is 16.7 Å². The molecule has 2 aromatic rings. The minimum absolute atomic E-state index is 0.0106. The minimum atomic E-state index is -0.0272. The summed E-state index contributed by atoms with van der Waals surface area (Å²) in [6.45, 7) is 4.83. The SMILES string of the molecule is Cc1cccc(C(OCCCc2ccccc2)C(C)N)c1. The lowest BCUT2D eigenvalue weighted by Gasteiger charge is -2.22. The highest BCUT2D eigenvalue weighted by molar-refractivity contribution is 5.25. The fourth-order valence-corrected chi connectivity index (χ4v) is 2.53. The van der Waals surface area contributed by atoms with Crippen LogP contribution >= 0.6 is 0 Å². The second kappa shape index (κ2) is 7.96. The summed E-state index contributed by atoms with van der Waals surface area (Å²) in [7, 11) is 0. The van der Waals surface area contributed by atoms with Crippen LogP contribution in [-0.4, -0.2) is 12.6 Å². The second-order valence-electron chi connectivity index (χ2n) is 5.65. The van der Waals surface area contributed by atoms with E-state index >= 15 is 0 Å². The summed E-state index contributed by atoms with van der Waals surface area (Å²) in [6.07, 6.45) is 2.03. The first kappa shape index (κ1) is 15.7. The van der Waals surface area contributed by atoms with Crippen LogP contribution in [0.2, 0.25) is 0 Å². The van der Waals surface area contributed by atoms with Crippen LogP contribution < -0.4 is 5.73 Å². The van der Waals surface area contributed by atoms with Crippen molar-refractivity contribution in [2.75, 3.05) is 6.61 Å². The van der Waals surface area contributed by atoms with Gasteiger partial charge < -0.3 is 10.5 Å². The number of rotatable bonds is 7. The molecule has 2 unspecified atom stereocenters. The van der Waals surface area contributed by atoms with Crippen molar-refractivity contribution in [3.05, 3.63) is 71.3 Å². The van der Waals surface area contributed by atoms with Gasteiger partial charge in [-0.1, -0.05) is 60.2 Å². The first-order chi connectivity index (χ1) is 10.2. The Labute approximate surface area is 127 Å². The molecule has 0 aliphatic rings. The van der Waals surface area contributed by atoms with Crippen LogP contribution in [0.3, 0.4) is 0 Å². The summed E-state index contributed by atoms with van der Waals surface area (Å²) in [5.74, 6) is 0. The monoisotopic (exact) mass is 283 g/mol. The summed E-state index contributed by atoms with van der Waals surface area (Å²) >= 11 is 0. The van der Waals surface area contributed by atoms with Crippen molar-refractivity contribution >= 4 is 0 Å². The zero-order valence-corrected chi connectivity index (χ0v) is 13.0. The molecule has 0 saturated carbocycles. The molecule has 0 amide bonds. The molecule has 0 bridgehead atoms. The van der Waals surface area contributed by atoms with Gasteiger partial charge in [-0.3, -0.25) is 0 Å². The van der Waals surface area contributed by atoms with Gasteiger partial charge in [-0.2, -0.15) is 0 Å². The third-order valence-corrected chi connectivity index (χ3v) is 3.60. The van der Waals surface area contributed by atoms with Crippen LogP contribution in [0.1, 0.15) is 36.1 Å². The average Bonchev–Trinajstić information content (AvgIpc) is 2.48. The summed E-state index contributed by atoms with van der Waals surface area (Å²) in [4.78, 5) is 0. The Morgan fingerprint density at radius 1 is 1.05 bits per heavy atom. The maximum atomic E-state index is 6.09. The summed E-state index contributed by atoms with van der Waals surface area (Å²) < 4.78 is 6.04. The van der Waals surface area contributed by atoms with E-state index in [9.17, 15) is 0 Å². The minimum Gasteiger partial charge on any atom is -0.372 e. The summed E-state index contributed by atoms with van der Waals surface area (Å²) in [5, 5.41) is 0. The molecule has 0 radical (unpaired) electrons. The highest BCUT2D eigenvalue weighted by atomic mass is 16.5. The van der Waals surface area contributed by atoms with Gasteiger partial charge in [-0.15, -0.1) is 0 Å². The van der Waals surface area contributed by atoms with Gasteiger partial charge in [0.05, 0.1) is 6.10 Å². The van der Waals surface area contributed by atoms with E-state index in [2.05, 4.69) is 55.5 Å². The molecule has 2 aromatic carbocycles. The van der Waals surface area contributed by atoms with Gasteiger partial charge >= 0.3 is 0 Å². The molecule has 112 valence electrons. The number of aryl methyl sites for hydroxylation is 2. The molecule has 0 fully saturated rings. The van der Waals surface area contributed by atoms with E-state index in [0.717, 1.165) is 19.4 Å². The lowest BCUT2D eigenvalue weighted by molar-refractivity contribution is 0.0369. The predicted octanol–water partition coefficient (Wildman–Crippen LogP) is 4.03. The van der Waals surface area contributed by atoms with Crippen molar-refractivity contribution < 1.29 is 4.74 Å². The van der Waals surface area contributed by atoms with Gasteiger partial charge in [-0.25, -0.2) is 0 Å². The van der Waals surface area contributed by atoms with Crippen LogP contribution in [0.5, 0.6) is 0 Å². The van der Waals surface area contributed by atoms with Crippen LogP contribution in [0.4, 0.5) is 0 Å². The number of nitrogens with two attached hydrogens (primary N) is 1. The normalized spacial score (nSPS) is 13.9. The highest BCUT2D eigenvalue weighted by Gasteiger charge is 2.16. The van der Waals surface area contributed by atoms with Crippen molar-refractivity contribution in [2.24, 2.45) is 5.73 Å². The maximum absolute atomic E-state index is 6.09. The van der Waals surface area contributed by atoms with Crippen molar-refractivity contribution in [3.8, 4) is 0 Å². The molecule has 2 atom stereocenters.